The third kappa shape index (κ3) is 2.92. The summed E-state index contributed by atoms with van der Waals surface area (Å²) in [7, 11) is 0. The lowest BCUT2D eigenvalue weighted by atomic mass is 10.3. The van der Waals surface area contributed by atoms with Gasteiger partial charge in [-0.25, -0.2) is 9.67 Å². The summed E-state index contributed by atoms with van der Waals surface area (Å²) >= 11 is 10.1. The highest BCUT2D eigenvalue weighted by Crippen LogP contribution is 2.16. The highest BCUT2D eigenvalue weighted by atomic mass is 35.5. The van der Waals surface area contributed by atoms with E-state index in [0.29, 0.717) is 11.1 Å². The van der Waals surface area contributed by atoms with E-state index in [4.69, 9.17) is 11.6 Å². The number of rotatable bonds is 3. The molecule has 0 saturated heterocycles. The molecule has 0 aliphatic heterocycles. The molecule has 7 heteroatoms. The normalized spacial score (nSPS) is 10.5. The maximum absolute atomic E-state index is 5.85. The quantitative estimate of drug-likeness (QED) is 0.575. The highest BCUT2D eigenvalue weighted by Gasteiger charge is 2.04. The lowest BCUT2D eigenvalue weighted by Crippen LogP contribution is -1.97. The molecule has 0 radical (unpaired) electrons. The number of aromatic nitrogens is 4. The van der Waals surface area contributed by atoms with Crippen molar-refractivity contribution in [2.45, 2.75) is 4.90 Å². The van der Waals surface area contributed by atoms with Crippen LogP contribution < -0.4 is 5.32 Å². The summed E-state index contributed by atoms with van der Waals surface area (Å²) in [6, 6.07) is 11.1. The Balaban J connectivity index is 1.82. The smallest absolute Gasteiger partial charge is 0.246 e. The number of pyridine rings is 1. The van der Waals surface area contributed by atoms with Crippen molar-refractivity contribution >= 4 is 35.9 Å². The van der Waals surface area contributed by atoms with E-state index in [9.17, 15) is 0 Å². The van der Waals surface area contributed by atoms with Crippen molar-refractivity contribution in [2.24, 2.45) is 0 Å². The van der Waals surface area contributed by atoms with E-state index in [2.05, 4.69) is 33.0 Å². The first-order valence-electron chi connectivity index (χ1n) is 5.80. The van der Waals surface area contributed by atoms with Crippen molar-refractivity contribution in [3.63, 3.8) is 0 Å². The van der Waals surface area contributed by atoms with Crippen LogP contribution in [-0.4, -0.2) is 19.7 Å². The Bertz CT molecular complexity index is 726. The summed E-state index contributed by atoms with van der Waals surface area (Å²) in [5, 5.41) is 7.85. The molecule has 1 aromatic carbocycles. The average Bonchev–Trinajstić information content (AvgIpc) is 2.90. The SMILES string of the molecule is Sc1ccc(Nc2ncn(-c3ccnc(Cl)c3)n2)cc1. The molecule has 0 atom stereocenters. The molecule has 3 aromatic rings. The third-order valence-corrected chi connectivity index (χ3v) is 3.09. The molecule has 1 N–H and O–H groups in total. The van der Waals surface area contributed by atoms with Gasteiger partial charge in [-0.2, -0.15) is 4.98 Å². The molecule has 3 rings (SSSR count). The van der Waals surface area contributed by atoms with Crippen LogP contribution >= 0.6 is 24.2 Å². The summed E-state index contributed by atoms with van der Waals surface area (Å²) in [5.41, 5.74) is 1.70. The predicted molar refractivity (Wildman–Crippen MR) is 81.1 cm³/mol. The fraction of sp³-hybridized carbons (Fsp3) is 0. The van der Waals surface area contributed by atoms with Gasteiger partial charge in [-0.3, -0.25) is 0 Å². The summed E-state index contributed by atoms with van der Waals surface area (Å²) in [6.07, 6.45) is 3.23. The Morgan fingerprint density at radius 1 is 1.10 bits per heavy atom. The Hall–Kier alpha value is -2.05. The average molecular weight is 304 g/mol. The number of hydrogen-bond donors (Lipinski definition) is 2. The Morgan fingerprint density at radius 2 is 1.90 bits per heavy atom. The van der Waals surface area contributed by atoms with Crippen LogP contribution in [0.5, 0.6) is 0 Å². The number of nitrogens with zero attached hydrogens (tertiary/aromatic N) is 4. The summed E-state index contributed by atoms with van der Waals surface area (Å²) in [5.74, 6) is 0.504. The number of anilines is 2. The molecule has 20 heavy (non-hydrogen) atoms. The molecule has 0 fully saturated rings. The van der Waals surface area contributed by atoms with E-state index in [-0.39, 0.29) is 0 Å². The number of benzene rings is 1. The Morgan fingerprint density at radius 3 is 2.65 bits per heavy atom. The Kier molecular flexibility index (Phi) is 3.58. The standard InChI is InChI=1S/C13H10ClN5S/c14-12-7-10(5-6-15-12)19-8-16-13(18-19)17-9-1-3-11(20)4-2-9/h1-8,20H,(H,17,18). The van der Waals surface area contributed by atoms with Gasteiger partial charge in [-0.15, -0.1) is 17.7 Å². The lowest BCUT2D eigenvalue weighted by molar-refractivity contribution is 0.879. The van der Waals surface area contributed by atoms with Crippen molar-refractivity contribution < 1.29 is 0 Å². The maximum Gasteiger partial charge on any atom is 0.246 e. The van der Waals surface area contributed by atoms with Gasteiger partial charge in [0.1, 0.15) is 11.5 Å². The van der Waals surface area contributed by atoms with E-state index in [1.165, 1.54) is 0 Å². The van der Waals surface area contributed by atoms with E-state index in [1.54, 1.807) is 29.3 Å². The predicted octanol–water partition coefficient (Wildman–Crippen LogP) is 3.35. The Labute approximate surface area is 126 Å². The van der Waals surface area contributed by atoms with E-state index >= 15 is 0 Å². The maximum atomic E-state index is 5.85. The zero-order valence-electron chi connectivity index (χ0n) is 10.2. The minimum atomic E-state index is 0.414. The largest absolute Gasteiger partial charge is 0.323 e. The summed E-state index contributed by atoms with van der Waals surface area (Å²) in [4.78, 5) is 9.03. The van der Waals surface area contributed by atoms with Crippen LogP contribution in [0, 0.1) is 0 Å². The van der Waals surface area contributed by atoms with Gasteiger partial charge in [0, 0.05) is 22.8 Å². The van der Waals surface area contributed by atoms with Crippen LogP contribution in [0.15, 0.2) is 53.8 Å². The van der Waals surface area contributed by atoms with Crippen molar-refractivity contribution in [2.75, 3.05) is 5.32 Å². The van der Waals surface area contributed by atoms with Gasteiger partial charge in [0.05, 0.1) is 5.69 Å². The van der Waals surface area contributed by atoms with Crippen LogP contribution in [0.2, 0.25) is 5.15 Å². The van der Waals surface area contributed by atoms with Gasteiger partial charge in [-0.1, -0.05) is 11.6 Å². The molecular weight excluding hydrogens is 294 g/mol. The number of halogens is 1. The first-order valence-corrected chi connectivity index (χ1v) is 6.63. The molecule has 5 nitrogen and oxygen atoms in total. The van der Waals surface area contributed by atoms with Crippen LogP contribution in [0.4, 0.5) is 11.6 Å². The van der Waals surface area contributed by atoms with Crippen molar-refractivity contribution in [1.29, 1.82) is 0 Å². The first kappa shape index (κ1) is 13.0. The highest BCUT2D eigenvalue weighted by molar-refractivity contribution is 7.80. The van der Waals surface area contributed by atoms with Gasteiger partial charge >= 0.3 is 0 Å². The van der Waals surface area contributed by atoms with Crippen molar-refractivity contribution in [3.8, 4) is 5.69 Å². The van der Waals surface area contributed by atoms with E-state index < -0.39 is 0 Å². The van der Waals surface area contributed by atoms with Crippen LogP contribution in [0.3, 0.4) is 0 Å². The van der Waals surface area contributed by atoms with Crippen LogP contribution in [0.25, 0.3) is 5.69 Å². The molecule has 0 aliphatic rings. The third-order valence-electron chi connectivity index (χ3n) is 2.59. The summed E-state index contributed by atoms with van der Waals surface area (Å²) < 4.78 is 1.63. The molecule has 0 amide bonds. The fourth-order valence-electron chi connectivity index (χ4n) is 1.65. The second kappa shape index (κ2) is 5.52. The van der Waals surface area contributed by atoms with Gasteiger partial charge in [0.15, 0.2) is 0 Å². The number of nitrogens with one attached hydrogen (secondary N) is 1. The van der Waals surface area contributed by atoms with Gasteiger partial charge in [0.25, 0.3) is 0 Å². The second-order valence-electron chi connectivity index (χ2n) is 4.02. The summed E-state index contributed by atoms with van der Waals surface area (Å²) in [6.45, 7) is 0. The van der Waals surface area contributed by atoms with Gasteiger partial charge < -0.3 is 5.32 Å². The van der Waals surface area contributed by atoms with Gasteiger partial charge in [0.2, 0.25) is 5.95 Å². The minimum absolute atomic E-state index is 0.414. The molecule has 2 heterocycles. The molecular formula is C13H10ClN5S. The van der Waals surface area contributed by atoms with Gasteiger partial charge in [-0.05, 0) is 30.3 Å². The molecule has 0 saturated carbocycles. The molecule has 0 aliphatic carbocycles. The topological polar surface area (TPSA) is 55.6 Å². The first-order chi connectivity index (χ1) is 9.70. The zero-order valence-corrected chi connectivity index (χ0v) is 11.9. The number of thiol groups is 1. The molecule has 2 aromatic heterocycles. The van der Waals surface area contributed by atoms with Crippen molar-refractivity contribution in [1.82, 2.24) is 19.7 Å². The number of hydrogen-bond acceptors (Lipinski definition) is 5. The zero-order chi connectivity index (χ0) is 13.9. The van der Waals surface area contributed by atoms with Crippen molar-refractivity contribution in [3.05, 3.63) is 54.1 Å². The molecule has 100 valence electrons. The second-order valence-corrected chi connectivity index (χ2v) is 4.93. The molecule has 0 spiro atoms. The van der Waals surface area contributed by atoms with E-state index in [0.717, 1.165) is 16.3 Å². The lowest BCUT2D eigenvalue weighted by Gasteiger charge is -2.02. The fourth-order valence-corrected chi connectivity index (χ4v) is 1.97. The molecule has 0 unspecified atom stereocenters. The van der Waals surface area contributed by atoms with Crippen LogP contribution in [-0.2, 0) is 0 Å². The monoisotopic (exact) mass is 303 g/mol. The van der Waals surface area contributed by atoms with Crippen LogP contribution in [0.1, 0.15) is 0 Å². The molecule has 0 bridgehead atoms. The van der Waals surface area contributed by atoms with E-state index in [1.807, 2.05) is 24.3 Å². The minimum Gasteiger partial charge on any atom is -0.323 e.